The van der Waals surface area contributed by atoms with E-state index >= 15 is 0 Å². The molecule has 7 N–H and O–H groups in total. The first-order valence-electron chi connectivity index (χ1n) is 5.62. The molecule has 2 atom stereocenters. The van der Waals surface area contributed by atoms with E-state index in [9.17, 15) is 9.59 Å². The zero-order chi connectivity index (χ0) is 13.5. The molecule has 0 aliphatic heterocycles. The van der Waals surface area contributed by atoms with Gasteiger partial charge >= 0.3 is 0 Å². The Labute approximate surface area is 105 Å². The van der Waals surface area contributed by atoms with E-state index in [0.29, 0.717) is 6.42 Å². The molecule has 0 aromatic heterocycles. The van der Waals surface area contributed by atoms with E-state index in [4.69, 9.17) is 10.8 Å². The Hall–Kier alpha value is -1.92. The molecule has 0 spiro atoms. The fourth-order valence-electron chi connectivity index (χ4n) is 1.45. The summed E-state index contributed by atoms with van der Waals surface area (Å²) in [5, 5.41) is 11.3. The van der Waals surface area contributed by atoms with E-state index in [2.05, 4.69) is 11.1 Å². The molecule has 0 bridgehead atoms. The molecule has 1 rings (SSSR count). The predicted molar refractivity (Wildman–Crippen MR) is 65.0 cm³/mol. The molecule has 2 unspecified atom stereocenters. The molecule has 0 fully saturated rings. The van der Waals surface area contributed by atoms with Crippen molar-refractivity contribution in [2.24, 2.45) is 5.73 Å². The van der Waals surface area contributed by atoms with Crippen LogP contribution in [0.4, 0.5) is 0 Å². The van der Waals surface area contributed by atoms with Crippen LogP contribution in [0.25, 0.3) is 0 Å². The van der Waals surface area contributed by atoms with E-state index in [0.717, 1.165) is 5.56 Å². The standard InChI is InChI=1S/C12H17N3O3/c13-9(7-16)12(18)15-10(11(14)17)6-8-4-2-1-3-5-8/h1-5,9-10,16H,6-7,13H2,(H2,14,17)(H,15,18)/p+1. The third kappa shape index (κ3) is 4.15. The number of aliphatic hydroxyl groups is 1. The van der Waals surface area contributed by atoms with Crippen LogP contribution < -0.4 is 16.8 Å². The third-order valence-corrected chi connectivity index (χ3v) is 2.53. The number of nitrogens with two attached hydrogens (primary N) is 1. The summed E-state index contributed by atoms with van der Waals surface area (Å²) in [5.41, 5.74) is 9.59. The van der Waals surface area contributed by atoms with Crippen LogP contribution in [0.3, 0.4) is 0 Å². The summed E-state index contributed by atoms with van der Waals surface area (Å²) in [5.74, 6) is -1.10. The van der Waals surface area contributed by atoms with Gasteiger partial charge in [0.05, 0.1) is 0 Å². The normalized spacial score (nSPS) is 13.7. The molecule has 0 aliphatic rings. The maximum absolute atomic E-state index is 11.5. The zero-order valence-corrected chi connectivity index (χ0v) is 10.0. The SMILES string of the molecule is NC(=O)C(Cc1ccccc1)NC(=O)C([NH3+])CO. The zero-order valence-electron chi connectivity index (χ0n) is 10.0. The quantitative estimate of drug-likeness (QED) is 0.460. The first-order valence-corrected chi connectivity index (χ1v) is 5.62. The highest BCUT2D eigenvalue weighted by atomic mass is 16.3. The van der Waals surface area contributed by atoms with Gasteiger partial charge in [0.15, 0.2) is 6.04 Å². The number of benzene rings is 1. The van der Waals surface area contributed by atoms with Crippen LogP contribution in [0.15, 0.2) is 30.3 Å². The van der Waals surface area contributed by atoms with Gasteiger partial charge in [-0.1, -0.05) is 30.3 Å². The van der Waals surface area contributed by atoms with Crippen LogP contribution in [0.1, 0.15) is 5.56 Å². The number of hydrogen-bond acceptors (Lipinski definition) is 3. The second-order valence-corrected chi connectivity index (χ2v) is 4.03. The number of carbonyl (C=O) groups is 2. The molecular weight excluding hydrogens is 234 g/mol. The van der Waals surface area contributed by atoms with Crippen molar-refractivity contribution in [3.8, 4) is 0 Å². The second-order valence-electron chi connectivity index (χ2n) is 4.03. The molecule has 18 heavy (non-hydrogen) atoms. The topological polar surface area (TPSA) is 120 Å². The summed E-state index contributed by atoms with van der Waals surface area (Å²) in [4.78, 5) is 22.8. The average Bonchev–Trinajstić information content (AvgIpc) is 2.37. The summed E-state index contributed by atoms with van der Waals surface area (Å²) in [7, 11) is 0. The van der Waals surface area contributed by atoms with Crippen molar-refractivity contribution in [3.05, 3.63) is 35.9 Å². The van der Waals surface area contributed by atoms with Gasteiger partial charge in [0.2, 0.25) is 5.91 Å². The van der Waals surface area contributed by atoms with Crippen molar-refractivity contribution >= 4 is 11.8 Å². The molecule has 1 aromatic carbocycles. The summed E-state index contributed by atoms with van der Waals surface area (Å²) < 4.78 is 0. The minimum Gasteiger partial charge on any atom is -0.390 e. The molecular formula is C12H18N3O3+. The maximum atomic E-state index is 11.5. The molecule has 6 heteroatoms. The van der Waals surface area contributed by atoms with Crippen LogP contribution in [0.2, 0.25) is 0 Å². The summed E-state index contributed by atoms with van der Waals surface area (Å²) in [6.45, 7) is -0.372. The van der Waals surface area contributed by atoms with Gasteiger partial charge in [0.25, 0.3) is 5.91 Å². The molecule has 0 saturated heterocycles. The smallest absolute Gasteiger partial charge is 0.281 e. The summed E-state index contributed by atoms with van der Waals surface area (Å²) >= 11 is 0. The highest BCUT2D eigenvalue weighted by Crippen LogP contribution is 2.03. The first kappa shape index (κ1) is 14.1. The minimum absolute atomic E-state index is 0.320. The molecule has 0 aliphatic carbocycles. The van der Waals surface area contributed by atoms with E-state index in [1.807, 2.05) is 30.3 Å². The molecule has 6 nitrogen and oxygen atoms in total. The Balaban J connectivity index is 2.67. The van der Waals surface area contributed by atoms with E-state index in [1.165, 1.54) is 0 Å². The highest BCUT2D eigenvalue weighted by Gasteiger charge is 2.23. The number of rotatable bonds is 6. The van der Waals surface area contributed by atoms with Crippen LogP contribution in [0.5, 0.6) is 0 Å². The lowest BCUT2D eigenvalue weighted by molar-refractivity contribution is -0.409. The average molecular weight is 252 g/mol. The Morgan fingerprint density at radius 3 is 2.44 bits per heavy atom. The Kier molecular flexibility index (Phi) is 5.29. The van der Waals surface area contributed by atoms with Gasteiger partial charge in [0, 0.05) is 6.42 Å². The van der Waals surface area contributed by atoms with Crippen LogP contribution >= 0.6 is 0 Å². The van der Waals surface area contributed by atoms with E-state index in [1.54, 1.807) is 0 Å². The fourth-order valence-corrected chi connectivity index (χ4v) is 1.45. The van der Waals surface area contributed by atoms with Gasteiger partial charge < -0.3 is 21.9 Å². The van der Waals surface area contributed by atoms with Crippen LogP contribution in [0, 0.1) is 0 Å². The molecule has 0 heterocycles. The molecule has 98 valence electrons. The monoisotopic (exact) mass is 252 g/mol. The van der Waals surface area contributed by atoms with Gasteiger partial charge in [0.1, 0.15) is 12.6 Å². The number of aliphatic hydroxyl groups excluding tert-OH is 1. The lowest BCUT2D eigenvalue weighted by Gasteiger charge is -2.16. The number of primary amides is 1. The third-order valence-electron chi connectivity index (χ3n) is 2.53. The Bertz CT molecular complexity index is 408. The second kappa shape index (κ2) is 6.73. The number of carbonyl (C=O) groups excluding carboxylic acids is 2. The van der Waals surface area contributed by atoms with Gasteiger partial charge in [-0.25, -0.2) is 0 Å². The molecule has 0 radical (unpaired) electrons. The largest absolute Gasteiger partial charge is 0.390 e. The number of nitrogens with one attached hydrogen (secondary N) is 1. The van der Waals surface area contributed by atoms with Gasteiger partial charge in [-0.2, -0.15) is 0 Å². The van der Waals surface area contributed by atoms with Gasteiger partial charge in [-0.3, -0.25) is 9.59 Å². The van der Waals surface area contributed by atoms with Crippen molar-refractivity contribution in [1.29, 1.82) is 0 Å². The van der Waals surface area contributed by atoms with Crippen molar-refractivity contribution in [1.82, 2.24) is 5.32 Å². The van der Waals surface area contributed by atoms with Gasteiger partial charge in [-0.15, -0.1) is 0 Å². The highest BCUT2D eigenvalue weighted by molar-refractivity contribution is 5.88. The minimum atomic E-state index is -0.803. The Morgan fingerprint density at radius 1 is 1.33 bits per heavy atom. The predicted octanol–water partition coefficient (Wildman–Crippen LogP) is -2.20. The lowest BCUT2D eigenvalue weighted by atomic mass is 10.1. The van der Waals surface area contributed by atoms with Gasteiger partial charge in [-0.05, 0) is 5.56 Å². The Morgan fingerprint density at radius 2 is 1.94 bits per heavy atom. The van der Waals surface area contributed by atoms with E-state index in [-0.39, 0.29) is 6.61 Å². The van der Waals surface area contributed by atoms with Crippen molar-refractivity contribution in [3.63, 3.8) is 0 Å². The lowest BCUT2D eigenvalue weighted by Crippen LogP contribution is -2.70. The number of hydrogen-bond donors (Lipinski definition) is 4. The maximum Gasteiger partial charge on any atom is 0.281 e. The summed E-state index contributed by atoms with van der Waals surface area (Å²) in [6.07, 6.45) is 0.320. The molecule has 0 saturated carbocycles. The van der Waals surface area contributed by atoms with Crippen molar-refractivity contribution in [2.45, 2.75) is 18.5 Å². The molecule has 1 aromatic rings. The number of amides is 2. The van der Waals surface area contributed by atoms with Crippen LogP contribution in [-0.2, 0) is 16.0 Å². The number of quaternary nitrogens is 1. The van der Waals surface area contributed by atoms with Crippen molar-refractivity contribution in [2.75, 3.05) is 6.61 Å². The molecule has 2 amide bonds. The van der Waals surface area contributed by atoms with Crippen LogP contribution in [-0.4, -0.2) is 35.6 Å². The van der Waals surface area contributed by atoms with E-state index < -0.39 is 23.9 Å². The fraction of sp³-hybridized carbons (Fsp3) is 0.333. The summed E-state index contributed by atoms with van der Waals surface area (Å²) in [6, 6.07) is 7.63. The first-order chi connectivity index (χ1) is 8.54. The van der Waals surface area contributed by atoms with Crippen molar-refractivity contribution < 1.29 is 20.4 Å².